The second-order valence-corrected chi connectivity index (χ2v) is 5.09. The number of thiophene rings is 1. The molecule has 98 valence electrons. The largest absolute Gasteiger partial charge is 0.467 e. The molecule has 0 amide bonds. The van der Waals surface area contributed by atoms with Gasteiger partial charge in [-0.15, -0.1) is 11.3 Å². The molecule has 3 aromatic heterocycles. The van der Waals surface area contributed by atoms with Gasteiger partial charge in [0.25, 0.3) is 0 Å². The minimum absolute atomic E-state index is 0.635. The minimum Gasteiger partial charge on any atom is -0.467 e. The number of fused-ring (bicyclic) bond motifs is 1. The van der Waals surface area contributed by atoms with Crippen LogP contribution in [0.1, 0.15) is 5.76 Å². The Morgan fingerprint density at radius 1 is 1.37 bits per heavy atom. The Morgan fingerprint density at radius 3 is 3.00 bits per heavy atom. The first-order chi connectivity index (χ1) is 9.28. The Labute approximate surface area is 114 Å². The van der Waals surface area contributed by atoms with Crippen molar-refractivity contribution in [2.45, 2.75) is 6.54 Å². The maximum Gasteiger partial charge on any atom is 0.225 e. The van der Waals surface area contributed by atoms with Gasteiger partial charge in [-0.2, -0.15) is 4.98 Å². The van der Waals surface area contributed by atoms with E-state index in [9.17, 15) is 0 Å². The van der Waals surface area contributed by atoms with Gasteiger partial charge in [0.2, 0.25) is 5.95 Å². The van der Waals surface area contributed by atoms with Crippen molar-refractivity contribution in [1.29, 1.82) is 0 Å². The van der Waals surface area contributed by atoms with Crippen molar-refractivity contribution < 1.29 is 4.42 Å². The van der Waals surface area contributed by atoms with Crippen molar-refractivity contribution in [3.8, 4) is 0 Å². The van der Waals surface area contributed by atoms with E-state index < -0.39 is 0 Å². The molecular formula is C13H14N4OS. The van der Waals surface area contributed by atoms with Crippen LogP contribution in [0, 0.1) is 0 Å². The zero-order chi connectivity index (χ0) is 13.2. The summed E-state index contributed by atoms with van der Waals surface area (Å²) in [6.07, 6.45) is 1.68. The van der Waals surface area contributed by atoms with Gasteiger partial charge in [0.15, 0.2) is 0 Å². The van der Waals surface area contributed by atoms with E-state index >= 15 is 0 Å². The van der Waals surface area contributed by atoms with Crippen LogP contribution in [0.15, 0.2) is 34.3 Å². The fraction of sp³-hybridized carbons (Fsp3) is 0.231. The lowest BCUT2D eigenvalue weighted by Crippen LogP contribution is -2.18. The van der Waals surface area contributed by atoms with Gasteiger partial charge >= 0.3 is 0 Å². The van der Waals surface area contributed by atoms with E-state index in [4.69, 9.17) is 4.42 Å². The monoisotopic (exact) mass is 274 g/mol. The van der Waals surface area contributed by atoms with Crippen LogP contribution in [-0.4, -0.2) is 24.1 Å². The molecule has 0 spiro atoms. The summed E-state index contributed by atoms with van der Waals surface area (Å²) in [5.41, 5.74) is 0. The summed E-state index contributed by atoms with van der Waals surface area (Å²) in [6.45, 7) is 0.679. The third-order valence-electron chi connectivity index (χ3n) is 2.86. The molecule has 0 saturated heterocycles. The average molecular weight is 274 g/mol. The van der Waals surface area contributed by atoms with Crippen molar-refractivity contribution >= 4 is 33.3 Å². The van der Waals surface area contributed by atoms with E-state index in [1.807, 2.05) is 37.7 Å². The number of aromatic nitrogens is 2. The first-order valence-corrected chi connectivity index (χ1v) is 6.82. The molecule has 3 aromatic rings. The fourth-order valence-electron chi connectivity index (χ4n) is 1.95. The highest BCUT2D eigenvalue weighted by atomic mass is 32.1. The van der Waals surface area contributed by atoms with Crippen LogP contribution in [0.25, 0.3) is 10.2 Å². The van der Waals surface area contributed by atoms with Crippen molar-refractivity contribution in [2.75, 3.05) is 24.3 Å². The Balaban J connectivity index is 2.00. The molecule has 6 heteroatoms. The maximum absolute atomic E-state index is 5.38. The van der Waals surface area contributed by atoms with Gasteiger partial charge in [-0.25, -0.2) is 4.98 Å². The first kappa shape index (κ1) is 12.0. The number of furan rings is 1. The number of anilines is 2. The molecule has 0 aliphatic heterocycles. The number of hydrogen-bond donors (Lipinski definition) is 1. The molecular weight excluding hydrogens is 260 g/mol. The van der Waals surface area contributed by atoms with Crippen LogP contribution >= 0.6 is 11.3 Å². The molecule has 19 heavy (non-hydrogen) atoms. The lowest BCUT2D eigenvalue weighted by Gasteiger charge is -2.18. The second kappa shape index (κ2) is 4.89. The van der Waals surface area contributed by atoms with Crippen molar-refractivity contribution in [1.82, 2.24) is 9.97 Å². The third kappa shape index (κ3) is 2.26. The Hall–Kier alpha value is -2.08. The van der Waals surface area contributed by atoms with Crippen LogP contribution < -0.4 is 10.2 Å². The predicted molar refractivity (Wildman–Crippen MR) is 77.8 cm³/mol. The van der Waals surface area contributed by atoms with E-state index in [2.05, 4.69) is 20.2 Å². The van der Waals surface area contributed by atoms with Crippen LogP contribution in [0.5, 0.6) is 0 Å². The maximum atomic E-state index is 5.38. The fourth-order valence-corrected chi connectivity index (χ4v) is 2.71. The topological polar surface area (TPSA) is 54.2 Å². The van der Waals surface area contributed by atoms with E-state index in [-0.39, 0.29) is 0 Å². The molecule has 0 unspecified atom stereocenters. The summed E-state index contributed by atoms with van der Waals surface area (Å²) >= 11 is 1.62. The molecule has 3 rings (SSSR count). The molecule has 5 nitrogen and oxygen atoms in total. The normalized spacial score (nSPS) is 10.8. The van der Waals surface area contributed by atoms with Gasteiger partial charge in [-0.3, -0.25) is 0 Å². The minimum atomic E-state index is 0.635. The summed E-state index contributed by atoms with van der Waals surface area (Å²) in [5.74, 6) is 2.46. The molecule has 0 aromatic carbocycles. The highest BCUT2D eigenvalue weighted by Gasteiger charge is 2.13. The Morgan fingerprint density at radius 2 is 2.26 bits per heavy atom. The van der Waals surface area contributed by atoms with Crippen LogP contribution in [0.2, 0.25) is 0 Å². The van der Waals surface area contributed by atoms with E-state index in [1.165, 1.54) is 0 Å². The summed E-state index contributed by atoms with van der Waals surface area (Å²) in [6, 6.07) is 5.90. The van der Waals surface area contributed by atoms with Crippen LogP contribution in [0.3, 0.4) is 0 Å². The number of nitrogens with zero attached hydrogens (tertiary/aromatic N) is 3. The molecule has 0 saturated carbocycles. The molecule has 0 radical (unpaired) electrons. The Bertz CT molecular complexity index is 677. The zero-order valence-electron chi connectivity index (χ0n) is 10.8. The predicted octanol–water partition coefficient (Wildman–Crippen LogP) is 2.96. The lowest BCUT2D eigenvalue weighted by molar-refractivity contribution is 0.507. The summed E-state index contributed by atoms with van der Waals surface area (Å²) in [4.78, 5) is 12.0. The third-order valence-corrected chi connectivity index (χ3v) is 3.67. The average Bonchev–Trinajstić information content (AvgIpc) is 3.07. The molecule has 3 heterocycles. The van der Waals surface area contributed by atoms with Crippen molar-refractivity contribution in [3.05, 3.63) is 35.6 Å². The van der Waals surface area contributed by atoms with Crippen LogP contribution in [-0.2, 0) is 6.54 Å². The van der Waals surface area contributed by atoms with Gasteiger partial charge in [0.05, 0.1) is 18.2 Å². The molecule has 1 N–H and O–H groups in total. The number of nitrogens with one attached hydrogen (secondary N) is 1. The quantitative estimate of drug-likeness (QED) is 0.792. The van der Waals surface area contributed by atoms with Crippen molar-refractivity contribution in [2.24, 2.45) is 0 Å². The summed E-state index contributed by atoms with van der Waals surface area (Å²) in [5, 5.41) is 6.10. The zero-order valence-corrected chi connectivity index (χ0v) is 11.6. The van der Waals surface area contributed by atoms with E-state index in [1.54, 1.807) is 17.6 Å². The summed E-state index contributed by atoms with van der Waals surface area (Å²) < 4.78 is 5.38. The van der Waals surface area contributed by atoms with Crippen LogP contribution in [0.4, 0.5) is 11.8 Å². The van der Waals surface area contributed by atoms with Gasteiger partial charge in [-0.05, 0) is 23.6 Å². The molecule has 0 bridgehead atoms. The molecule has 0 aliphatic rings. The first-order valence-electron chi connectivity index (χ1n) is 5.94. The SMILES string of the molecule is CNc1nc(N(C)Cc2ccco2)c2ccsc2n1. The molecule has 0 atom stereocenters. The number of hydrogen-bond acceptors (Lipinski definition) is 6. The Kier molecular flexibility index (Phi) is 3.08. The molecule has 0 fully saturated rings. The standard InChI is InChI=1S/C13H14N4OS/c1-14-13-15-11(10-5-7-19-12(10)16-13)17(2)8-9-4-3-6-18-9/h3-7H,8H2,1-2H3,(H,14,15,16). The van der Waals surface area contributed by atoms with Gasteiger partial charge in [0, 0.05) is 14.1 Å². The summed E-state index contributed by atoms with van der Waals surface area (Å²) in [7, 11) is 3.83. The van der Waals surface area contributed by atoms with Gasteiger partial charge < -0.3 is 14.6 Å². The number of rotatable bonds is 4. The van der Waals surface area contributed by atoms with Crippen molar-refractivity contribution in [3.63, 3.8) is 0 Å². The van der Waals surface area contributed by atoms with E-state index in [0.29, 0.717) is 12.5 Å². The molecule has 0 aliphatic carbocycles. The second-order valence-electron chi connectivity index (χ2n) is 4.20. The highest BCUT2D eigenvalue weighted by Crippen LogP contribution is 2.29. The van der Waals surface area contributed by atoms with Gasteiger partial charge in [0.1, 0.15) is 16.4 Å². The lowest BCUT2D eigenvalue weighted by atomic mass is 10.3. The van der Waals surface area contributed by atoms with Gasteiger partial charge in [-0.1, -0.05) is 0 Å². The van der Waals surface area contributed by atoms with E-state index in [0.717, 1.165) is 21.8 Å². The smallest absolute Gasteiger partial charge is 0.225 e. The highest BCUT2D eigenvalue weighted by molar-refractivity contribution is 7.16.